The fourth-order valence-electron chi connectivity index (χ4n) is 1.75. The summed E-state index contributed by atoms with van der Waals surface area (Å²) in [5.74, 6) is 1.61. The molecule has 3 rings (SSSR count). The average Bonchev–Trinajstić information content (AvgIpc) is 3.09. The Morgan fingerprint density at radius 3 is 2.89 bits per heavy atom. The van der Waals surface area contributed by atoms with Crippen LogP contribution in [0.3, 0.4) is 0 Å². The van der Waals surface area contributed by atoms with E-state index in [1.807, 2.05) is 35.7 Å². The molecule has 0 fully saturated rings. The molecule has 0 unspecified atom stereocenters. The van der Waals surface area contributed by atoms with Crippen LogP contribution < -0.4 is 4.74 Å². The summed E-state index contributed by atoms with van der Waals surface area (Å²) in [6.07, 6.45) is 1.65. The summed E-state index contributed by atoms with van der Waals surface area (Å²) in [5, 5.41) is 2.90. The van der Waals surface area contributed by atoms with Gasteiger partial charge in [0.1, 0.15) is 5.75 Å². The highest BCUT2D eigenvalue weighted by Crippen LogP contribution is 2.33. The number of nitrogens with zero attached hydrogens (tertiary/aromatic N) is 1. The van der Waals surface area contributed by atoms with Gasteiger partial charge in [-0.15, -0.1) is 11.3 Å². The minimum atomic E-state index is 0.795. The molecule has 0 radical (unpaired) electrons. The standard InChI is InChI=1S/C14H10BrNO2S/c1-17-12-5-4-9(7-10(12)15)11-8-19-14(16-11)13-3-2-6-18-13/h2-8H,1H3. The largest absolute Gasteiger partial charge is 0.496 e. The fourth-order valence-corrected chi connectivity index (χ4v) is 3.08. The Hall–Kier alpha value is -1.59. The summed E-state index contributed by atoms with van der Waals surface area (Å²) in [6, 6.07) is 9.68. The SMILES string of the molecule is COc1ccc(-c2csc(-c3ccco3)n2)cc1Br. The third kappa shape index (κ3) is 2.43. The van der Waals surface area contributed by atoms with Crippen molar-refractivity contribution in [1.29, 1.82) is 0 Å². The number of aromatic nitrogens is 1. The van der Waals surface area contributed by atoms with Crippen LogP contribution in [0.4, 0.5) is 0 Å². The molecule has 0 saturated heterocycles. The minimum absolute atomic E-state index is 0.795. The molecule has 96 valence electrons. The maximum atomic E-state index is 5.35. The Labute approximate surface area is 123 Å². The molecule has 0 aliphatic rings. The van der Waals surface area contributed by atoms with Crippen LogP contribution in [0.1, 0.15) is 0 Å². The number of furan rings is 1. The zero-order chi connectivity index (χ0) is 13.2. The number of benzene rings is 1. The molecule has 19 heavy (non-hydrogen) atoms. The maximum absolute atomic E-state index is 5.35. The van der Waals surface area contributed by atoms with Crippen LogP contribution in [-0.4, -0.2) is 12.1 Å². The maximum Gasteiger partial charge on any atom is 0.162 e. The Balaban J connectivity index is 1.97. The zero-order valence-corrected chi connectivity index (χ0v) is 12.5. The van der Waals surface area contributed by atoms with Gasteiger partial charge in [0.15, 0.2) is 10.8 Å². The minimum Gasteiger partial charge on any atom is -0.496 e. The van der Waals surface area contributed by atoms with Crippen molar-refractivity contribution in [2.75, 3.05) is 7.11 Å². The van der Waals surface area contributed by atoms with Crippen molar-refractivity contribution in [1.82, 2.24) is 4.98 Å². The predicted molar refractivity (Wildman–Crippen MR) is 79.5 cm³/mol. The second-order valence-electron chi connectivity index (χ2n) is 3.86. The van der Waals surface area contributed by atoms with Gasteiger partial charge in [-0.05, 0) is 46.3 Å². The molecule has 5 heteroatoms. The third-order valence-corrected chi connectivity index (χ3v) is 4.16. The molecule has 0 bridgehead atoms. The molecule has 0 aliphatic carbocycles. The van der Waals surface area contributed by atoms with E-state index in [2.05, 4.69) is 20.9 Å². The number of thiazole rings is 1. The van der Waals surface area contributed by atoms with E-state index in [0.717, 1.165) is 32.2 Å². The van der Waals surface area contributed by atoms with Crippen LogP contribution in [0.25, 0.3) is 22.0 Å². The lowest BCUT2D eigenvalue weighted by Gasteiger charge is -2.04. The van der Waals surface area contributed by atoms with Gasteiger partial charge in [0, 0.05) is 10.9 Å². The van der Waals surface area contributed by atoms with E-state index >= 15 is 0 Å². The zero-order valence-electron chi connectivity index (χ0n) is 10.1. The number of rotatable bonds is 3. The van der Waals surface area contributed by atoms with E-state index in [9.17, 15) is 0 Å². The van der Waals surface area contributed by atoms with E-state index in [1.165, 1.54) is 0 Å². The first kappa shape index (κ1) is 12.4. The molecule has 0 saturated carbocycles. The summed E-state index contributed by atoms with van der Waals surface area (Å²) in [4.78, 5) is 4.58. The van der Waals surface area contributed by atoms with Crippen LogP contribution >= 0.6 is 27.3 Å². The smallest absolute Gasteiger partial charge is 0.162 e. The van der Waals surface area contributed by atoms with Crippen LogP contribution in [0.15, 0.2) is 50.9 Å². The van der Waals surface area contributed by atoms with Gasteiger partial charge in [0.25, 0.3) is 0 Å². The van der Waals surface area contributed by atoms with Crippen LogP contribution in [0, 0.1) is 0 Å². The number of hydrogen-bond donors (Lipinski definition) is 0. The molecular formula is C14H10BrNO2S. The summed E-state index contributed by atoms with van der Waals surface area (Å²) < 4.78 is 11.5. The molecule has 3 aromatic rings. The molecule has 1 aromatic carbocycles. The molecule has 0 spiro atoms. The predicted octanol–water partition coefficient (Wildman–Crippen LogP) is 4.84. The van der Waals surface area contributed by atoms with Crippen LogP contribution in [-0.2, 0) is 0 Å². The van der Waals surface area contributed by atoms with Crippen LogP contribution in [0.5, 0.6) is 5.75 Å². The van der Waals surface area contributed by atoms with Gasteiger partial charge >= 0.3 is 0 Å². The quantitative estimate of drug-likeness (QED) is 0.686. The first-order chi connectivity index (χ1) is 9.28. The molecular weight excluding hydrogens is 326 g/mol. The summed E-state index contributed by atoms with van der Waals surface area (Å²) in [6.45, 7) is 0. The Morgan fingerprint density at radius 1 is 1.32 bits per heavy atom. The van der Waals surface area contributed by atoms with Gasteiger partial charge in [0.2, 0.25) is 0 Å². The monoisotopic (exact) mass is 335 g/mol. The fraction of sp³-hybridized carbons (Fsp3) is 0.0714. The normalized spacial score (nSPS) is 10.6. The van der Waals surface area contributed by atoms with Crippen LogP contribution in [0.2, 0.25) is 0 Å². The first-order valence-electron chi connectivity index (χ1n) is 5.61. The van der Waals surface area contributed by atoms with E-state index < -0.39 is 0 Å². The molecule has 3 nitrogen and oxygen atoms in total. The van der Waals surface area contributed by atoms with Gasteiger partial charge < -0.3 is 9.15 Å². The van der Waals surface area contributed by atoms with Crippen molar-refractivity contribution in [2.45, 2.75) is 0 Å². The molecule has 2 heterocycles. The topological polar surface area (TPSA) is 35.3 Å². The molecule has 0 atom stereocenters. The highest BCUT2D eigenvalue weighted by molar-refractivity contribution is 9.10. The Kier molecular flexibility index (Phi) is 3.40. The second kappa shape index (κ2) is 5.19. The molecule has 2 aromatic heterocycles. The number of ether oxygens (including phenoxy) is 1. The van der Waals surface area contributed by atoms with Gasteiger partial charge in [-0.2, -0.15) is 0 Å². The van der Waals surface area contributed by atoms with Crippen molar-refractivity contribution in [3.8, 4) is 27.8 Å². The second-order valence-corrected chi connectivity index (χ2v) is 5.58. The van der Waals surface area contributed by atoms with Crippen molar-refractivity contribution < 1.29 is 9.15 Å². The average molecular weight is 336 g/mol. The number of methoxy groups -OCH3 is 1. The van der Waals surface area contributed by atoms with E-state index in [4.69, 9.17) is 9.15 Å². The van der Waals surface area contributed by atoms with E-state index in [0.29, 0.717) is 0 Å². The van der Waals surface area contributed by atoms with Gasteiger partial charge in [-0.1, -0.05) is 0 Å². The molecule has 0 amide bonds. The van der Waals surface area contributed by atoms with Crippen molar-refractivity contribution in [3.05, 3.63) is 46.4 Å². The Morgan fingerprint density at radius 2 is 2.21 bits per heavy atom. The lowest BCUT2D eigenvalue weighted by molar-refractivity contribution is 0.412. The van der Waals surface area contributed by atoms with Crippen molar-refractivity contribution >= 4 is 27.3 Å². The van der Waals surface area contributed by atoms with Gasteiger partial charge in [-0.3, -0.25) is 0 Å². The van der Waals surface area contributed by atoms with E-state index in [1.54, 1.807) is 24.7 Å². The number of halogens is 1. The van der Waals surface area contributed by atoms with Crippen molar-refractivity contribution in [2.24, 2.45) is 0 Å². The summed E-state index contributed by atoms with van der Waals surface area (Å²) >= 11 is 5.05. The van der Waals surface area contributed by atoms with Crippen molar-refractivity contribution in [3.63, 3.8) is 0 Å². The van der Waals surface area contributed by atoms with Gasteiger partial charge in [0.05, 0.1) is 23.5 Å². The highest BCUT2D eigenvalue weighted by atomic mass is 79.9. The lowest BCUT2D eigenvalue weighted by Crippen LogP contribution is -1.85. The summed E-state index contributed by atoms with van der Waals surface area (Å²) in [5.41, 5.74) is 1.97. The Bertz CT molecular complexity index is 691. The molecule has 0 N–H and O–H groups in total. The molecule has 0 aliphatic heterocycles. The number of hydrogen-bond acceptors (Lipinski definition) is 4. The third-order valence-electron chi connectivity index (χ3n) is 2.68. The first-order valence-corrected chi connectivity index (χ1v) is 7.28. The highest BCUT2D eigenvalue weighted by Gasteiger charge is 2.10. The van der Waals surface area contributed by atoms with Gasteiger partial charge in [-0.25, -0.2) is 4.98 Å². The lowest BCUT2D eigenvalue weighted by atomic mass is 10.2. The van der Waals surface area contributed by atoms with E-state index in [-0.39, 0.29) is 0 Å². The summed E-state index contributed by atoms with van der Waals surface area (Å²) in [7, 11) is 1.65.